The van der Waals surface area contributed by atoms with Crippen LogP contribution in [0.5, 0.6) is 0 Å². The SMILES string of the molecule is Cc1cc(N2CC(=O)NC(=O)C2C)nc(N)n1. The molecule has 1 saturated heterocycles. The van der Waals surface area contributed by atoms with Crippen LogP contribution in [-0.4, -0.2) is 34.4 Å². The molecule has 1 atom stereocenters. The van der Waals surface area contributed by atoms with Gasteiger partial charge in [0.15, 0.2) is 0 Å². The lowest BCUT2D eigenvalue weighted by Gasteiger charge is -2.32. The summed E-state index contributed by atoms with van der Waals surface area (Å²) in [6, 6.07) is 1.24. The minimum absolute atomic E-state index is 0.0861. The predicted octanol–water partition coefficient (Wildman–Crippen LogP) is -0.781. The van der Waals surface area contributed by atoms with E-state index >= 15 is 0 Å². The zero-order valence-corrected chi connectivity index (χ0v) is 9.60. The first kappa shape index (κ1) is 11.3. The molecule has 0 radical (unpaired) electrons. The molecule has 1 aliphatic rings. The highest BCUT2D eigenvalue weighted by Crippen LogP contribution is 2.18. The first-order valence-electron chi connectivity index (χ1n) is 5.19. The first-order valence-corrected chi connectivity index (χ1v) is 5.19. The maximum atomic E-state index is 11.5. The lowest BCUT2D eigenvalue weighted by molar-refractivity contribution is -0.132. The van der Waals surface area contributed by atoms with Crippen molar-refractivity contribution < 1.29 is 9.59 Å². The summed E-state index contributed by atoms with van der Waals surface area (Å²) < 4.78 is 0. The maximum absolute atomic E-state index is 11.5. The molecule has 0 spiro atoms. The van der Waals surface area contributed by atoms with Gasteiger partial charge in [0.25, 0.3) is 0 Å². The van der Waals surface area contributed by atoms with Crippen LogP contribution in [0.1, 0.15) is 12.6 Å². The number of carbonyl (C=O) groups excluding carboxylic acids is 2. The third kappa shape index (κ3) is 2.17. The summed E-state index contributed by atoms with van der Waals surface area (Å²) in [5, 5.41) is 2.26. The minimum atomic E-state index is -0.457. The average molecular weight is 235 g/mol. The smallest absolute Gasteiger partial charge is 0.249 e. The fourth-order valence-electron chi connectivity index (χ4n) is 1.72. The summed E-state index contributed by atoms with van der Waals surface area (Å²) in [7, 11) is 0. The molecule has 2 amide bonds. The zero-order chi connectivity index (χ0) is 12.6. The molecule has 17 heavy (non-hydrogen) atoms. The second-order valence-electron chi connectivity index (χ2n) is 3.94. The van der Waals surface area contributed by atoms with Gasteiger partial charge in [-0.2, -0.15) is 4.98 Å². The molecule has 2 rings (SSSR count). The highest BCUT2D eigenvalue weighted by Gasteiger charge is 2.31. The van der Waals surface area contributed by atoms with Crippen molar-refractivity contribution in [2.75, 3.05) is 17.2 Å². The Hall–Kier alpha value is -2.18. The van der Waals surface area contributed by atoms with E-state index in [4.69, 9.17) is 5.73 Å². The molecule has 7 heteroatoms. The number of nitrogens with zero attached hydrogens (tertiary/aromatic N) is 3. The van der Waals surface area contributed by atoms with Gasteiger partial charge in [-0.3, -0.25) is 14.9 Å². The van der Waals surface area contributed by atoms with Gasteiger partial charge in [-0.25, -0.2) is 4.98 Å². The fourth-order valence-corrected chi connectivity index (χ4v) is 1.72. The van der Waals surface area contributed by atoms with Crippen LogP contribution in [0.25, 0.3) is 0 Å². The number of anilines is 2. The molecule has 1 aliphatic heterocycles. The molecular formula is C10H13N5O2. The summed E-state index contributed by atoms with van der Waals surface area (Å²) >= 11 is 0. The summed E-state index contributed by atoms with van der Waals surface area (Å²) in [4.78, 5) is 32.4. The molecule has 90 valence electrons. The lowest BCUT2D eigenvalue weighted by Crippen LogP contribution is -2.57. The Morgan fingerprint density at radius 2 is 2.18 bits per heavy atom. The van der Waals surface area contributed by atoms with E-state index in [1.54, 1.807) is 24.8 Å². The number of hydrogen-bond donors (Lipinski definition) is 2. The quantitative estimate of drug-likeness (QED) is 0.619. The molecule has 7 nitrogen and oxygen atoms in total. The highest BCUT2D eigenvalue weighted by molar-refractivity contribution is 6.04. The van der Waals surface area contributed by atoms with Crippen molar-refractivity contribution in [1.82, 2.24) is 15.3 Å². The van der Waals surface area contributed by atoms with Crippen molar-refractivity contribution >= 4 is 23.6 Å². The monoisotopic (exact) mass is 235 g/mol. The molecule has 1 aromatic heterocycles. The van der Waals surface area contributed by atoms with Gasteiger partial charge in [0, 0.05) is 11.8 Å². The van der Waals surface area contributed by atoms with Gasteiger partial charge in [-0.1, -0.05) is 0 Å². The molecule has 0 aromatic carbocycles. The summed E-state index contributed by atoms with van der Waals surface area (Å²) in [5.41, 5.74) is 6.24. The highest BCUT2D eigenvalue weighted by atomic mass is 16.2. The second-order valence-corrected chi connectivity index (χ2v) is 3.94. The number of rotatable bonds is 1. The van der Waals surface area contributed by atoms with Crippen molar-refractivity contribution in [3.05, 3.63) is 11.8 Å². The Morgan fingerprint density at radius 3 is 2.82 bits per heavy atom. The van der Waals surface area contributed by atoms with Crippen LogP contribution < -0.4 is 16.0 Å². The first-order chi connectivity index (χ1) is 7.97. The van der Waals surface area contributed by atoms with Crippen LogP contribution in [-0.2, 0) is 9.59 Å². The number of hydrogen-bond acceptors (Lipinski definition) is 6. The molecule has 3 N–H and O–H groups in total. The standard InChI is InChI=1S/C10H13N5O2/c1-5-3-7(13-10(11)12-5)15-4-8(16)14-9(17)6(15)2/h3,6H,4H2,1-2H3,(H2,11,12,13)(H,14,16,17). The van der Waals surface area contributed by atoms with Crippen LogP contribution in [0, 0.1) is 6.92 Å². The number of nitrogens with two attached hydrogens (primary N) is 1. The van der Waals surface area contributed by atoms with Crippen molar-refractivity contribution in [3.8, 4) is 0 Å². The largest absolute Gasteiger partial charge is 0.368 e. The van der Waals surface area contributed by atoms with Crippen molar-refractivity contribution in [2.45, 2.75) is 19.9 Å². The van der Waals surface area contributed by atoms with Crippen LogP contribution in [0.3, 0.4) is 0 Å². The van der Waals surface area contributed by atoms with E-state index in [1.165, 1.54) is 0 Å². The molecular weight excluding hydrogens is 222 g/mol. The molecule has 0 saturated carbocycles. The fraction of sp³-hybridized carbons (Fsp3) is 0.400. The van der Waals surface area contributed by atoms with Gasteiger partial charge in [-0.15, -0.1) is 0 Å². The number of aryl methyl sites for hydroxylation is 1. The Bertz CT molecular complexity index is 467. The minimum Gasteiger partial charge on any atom is -0.368 e. The van der Waals surface area contributed by atoms with Gasteiger partial charge >= 0.3 is 0 Å². The Labute approximate surface area is 98.0 Å². The third-order valence-corrected chi connectivity index (χ3v) is 2.58. The average Bonchev–Trinajstić information content (AvgIpc) is 2.22. The van der Waals surface area contributed by atoms with Gasteiger partial charge in [0.2, 0.25) is 17.8 Å². The Morgan fingerprint density at radius 1 is 1.47 bits per heavy atom. The number of aromatic nitrogens is 2. The topological polar surface area (TPSA) is 101 Å². The van der Waals surface area contributed by atoms with Crippen molar-refractivity contribution in [2.24, 2.45) is 0 Å². The van der Waals surface area contributed by atoms with Crippen molar-refractivity contribution in [1.29, 1.82) is 0 Å². The molecule has 1 fully saturated rings. The van der Waals surface area contributed by atoms with Gasteiger partial charge in [0.1, 0.15) is 11.9 Å². The summed E-state index contributed by atoms with van der Waals surface area (Å²) in [5.74, 6) is -0.0599. The molecule has 0 aliphatic carbocycles. The molecule has 1 aromatic rings. The number of piperazine rings is 1. The number of imide groups is 1. The zero-order valence-electron chi connectivity index (χ0n) is 9.60. The van der Waals surface area contributed by atoms with E-state index in [-0.39, 0.29) is 24.3 Å². The van der Waals surface area contributed by atoms with Gasteiger partial charge < -0.3 is 10.6 Å². The molecule has 0 bridgehead atoms. The van der Waals surface area contributed by atoms with Crippen LogP contribution >= 0.6 is 0 Å². The van der Waals surface area contributed by atoms with E-state index in [0.717, 1.165) is 0 Å². The second kappa shape index (κ2) is 4.00. The third-order valence-electron chi connectivity index (χ3n) is 2.58. The Balaban J connectivity index is 2.37. The van der Waals surface area contributed by atoms with Crippen LogP contribution in [0.4, 0.5) is 11.8 Å². The van der Waals surface area contributed by atoms with E-state index in [2.05, 4.69) is 15.3 Å². The predicted molar refractivity (Wildman–Crippen MR) is 61.1 cm³/mol. The number of nitrogen functional groups attached to an aromatic ring is 1. The molecule has 1 unspecified atom stereocenters. The molecule has 2 heterocycles. The number of carbonyl (C=O) groups is 2. The van der Waals surface area contributed by atoms with Gasteiger partial charge in [0.05, 0.1) is 6.54 Å². The van der Waals surface area contributed by atoms with E-state index in [1.807, 2.05) is 0 Å². The van der Waals surface area contributed by atoms with E-state index in [9.17, 15) is 9.59 Å². The Kier molecular flexibility index (Phi) is 2.66. The lowest BCUT2D eigenvalue weighted by atomic mass is 10.2. The van der Waals surface area contributed by atoms with Crippen LogP contribution in [0.2, 0.25) is 0 Å². The summed E-state index contributed by atoms with van der Waals surface area (Å²) in [6.45, 7) is 3.57. The van der Waals surface area contributed by atoms with E-state index < -0.39 is 6.04 Å². The van der Waals surface area contributed by atoms with E-state index in [0.29, 0.717) is 11.5 Å². The normalized spacial score (nSPS) is 20.4. The maximum Gasteiger partial charge on any atom is 0.249 e. The van der Waals surface area contributed by atoms with Crippen molar-refractivity contribution in [3.63, 3.8) is 0 Å². The van der Waals surface area contributed by atoms with Gasteiger partial charge in [-0.05, 0) is 13.8 Å². The summed E-state index contributed by atoms with van der Waals surface area (Å²) in [6.07, 6.45) is 0. The number of nitrogens with one attached hydrogen (secondary N) is 1. The van der Waals surface area contributed by atoms with Crippen LogP contribution in [0.15, 0.2) is 6.07 Å². The number of amides is 2.